The lowest BCUT2D eigenvalue weighted by Crippen LogP contribution is -2.38. The minimum Gasteiger partial charge on any atom is -0.396 e. The summed E-state index contributed by atoms with van der Waals surface area (Å²) in [5.74, 6) is -0.201. The molecule has 4 nitrogen and oxygen atoms in total. The van der Waals surface area contributed by atoms with Gasteiger partial charge in [-0.05, 0) is 32.4 Å². The van der Waals surface area contributed by atoms with Crippen LogP contribution < -0.4 is 0 Å². The molecule has 0 atom stereocenters. The fourth-order valence-corrected chi connectivity index (χ4v) is 1.99. The highest BCUT2D eigenvalue weighted by Crippen LogP contribution is 2.19. The van der Waals surface area contributed by atoms with Crippen LogP contribution in [-0.4, -0.2) is 40.1 Å². The first kappa shape index (κ1) is 15.2. The highest BCUT2D eigenvalue weighted by Gasteiger charge is 2.21. The Labute approximate surface area is 117 Å². The van der Waals surface area contributed by atoms with E-state index in [1.54, 1.807) is 11.0 Å². The van der Waals surface area contributed by atoms with Crippen molar-refractivity contribution in [3.8, 4) is 0 Å². The molecule has 18 heavy (non-hydrogen) atoms. The van der Waals surface area contributed by atoms with E-state index in [1.165, 1.54) is 6.07 Å². The number of carbonyl (C=O) groups is 1. The van der Waals surface area contributed by atoms with Crippen molar-refractivity contribution in [1.29, 1.82) is 0 Å². The number of aliphatic hydroxyl groups is 1. The molecule has 0 radical (unpaired) electrons. The van der Waals surface area contributed by atoms with Gasteiger partial charge in [0, 0.05) is 19.2 Å². The van der Waals surface area contributed by atoms with E-state index in [9.17, 15) is 4.79 Å². The minimum atomic E-state index is -0.201. The van der Waals surface area contributed by atoms with Crippen molar-refractivity contribution in [3.63, 3.8) is 0 Å². The molecule has 1 heterocycles. The van der Waals surface area contributed by atoms with Gasteiger partial charge in [0.25, 0.3) is 5.91 Å². The first-order chi connectivity index (χ1) is 8.47. The molecule has 0 aliphatic carbocycles. The lowest BCUT2D eigenvalue weighted by Gasteiger charge is -2.26. The van der Waals surface area contributed by atoms with E-state index < -0.39 is 0 Å². The summed E-state index contributed by atoms with van der Waals surface area (Å²) in [6.45, 7) is 4.34. The van der Waals surface area contributed by atoms with Crippen LogP contribution in [0.2, 0.25) is 10.3 Å². The van der Waals surface area contributed by atoms with Crippen molar-refractivity contribution in [2.75, 3.05) is 13.2 Å². The first-order valence-electron chi connectivity index (χ1n) is 5.71. The molecule has 0 spiro atoms. The van der Waals surface area contributed by atoms with Gasteiger partial charge in [-0.15, -0.1) is 0 Å². The number of hydrogen-bond donors (Lipinski definition) is 1. The fraction of sp³-hybridized carbons (Fsp3) is 0.500. The van der Waals surface area contributed by atoms with Gasteiger partial charge >= 0.3 is 0 Å². The summed E-state index contributed by atoms with van der Waals surface area (Å²) in [4.78, 5) is 17.8. The molecule has 0 bridgehead atoms. The van der Waals surface area contributed by atoms with Crippen LogP contribution in [0.1, 0.15) is 30.6 Å². The zero-order valence-electron chi connectivity index (χ0n) is 10.4. The maximum absolute atomic E-state index is 12.3. The fourth-order valence-electron chi connectivity index (χ4n) is 1.56. The van der Waals surface area contributed by atoms with E-state index in [2.05, 4.69) is 4.98 Å². The van der Waals surface area contributed by atoms with Crippen molar-refractivity contribution >= 4 is 29.1 Å². The zero-order chi connectivity index (χ0) is 13.7. The van der Waals surface area contributed by atoms with E-state index in [1.807, 2.05) is 13.8 Å². The molecule has 1 aromatic heterocycles. The maximum Gasteiger partial charge on any atom is 0.257 e. The van der Waals surface area contributed by atoms with Crippen LogP contribution in [-0.2, 0) is 0 Å². The molecular weight excluding hydrogens is 275 g/mol. The van der Waals surface area contributed by atoms with E-state index in [0.717, 1.165) is 0 Å². The van der Waals surface area contributed by atoms with Crippen LogP contribution in [0.25, 0.3) is 0 Å². The van der Waals surface area contributed by atoms with Gasteiger partial charge in [-0.1, -0.05) is 23.2 Å². The molecule has 0 fully saturated rings. The number of amides is 1. The summed E-state index contributed by atoms with van der Waals surface area (Å²) in [5.41, 5.74) is 0.327. The number of nitrogens with zero attached hydrogens (tertiary/aromatic N) is 2. The van der Waals surface area contributed by atoms with Gasteiger partial charge in [0.15, 0.2) is 0 Å². The summed E-state index contributed by atoms with van der Waals surface area (Å²) in [6.07, 6.45) is 0.530. The second kappa shape index (κ2) is 6.92. The number of pyridine rings is 1. The summed E-state index contributed by atoms with van der Waals surface area (Å²) in [6, 6.07) is 3.12. The van der Waals surface area contributed by atoms with Crippen molar-refractivity contribution in [2.24, 2.45) is 0 Å². The SMILES string of the molecule is CC(C)N(CCCO)C(=O)c1ccc(Cl)nc1Cl. The summed E-state index contributed by atoms with van der Waals surface area (Å²) < 4.78 is 0. The van der Waals surface area contributed by atoms with Crippen LogP contribution in [0.5, 0.6) is 0 Å². The molecule has 1 rings (SSSR count). The van der Waals surface area contributed by atoms with E-state index in [0.29, 0.717) is 18.5 Å². The Morgan fingerprint density at radius 3 is 2.61 bits per heavy atom. The smallest absolute Gasteiger partial charge is 0.257 e. The van der Waals surface area contributed by atoms with Crippen LogP contribution in [0, 0.1) is 0 Å². The number of carbonyl (C=O) groups excluding carboxylic acids is 1. The predicted octanol–water partition coefficient (Wildman–Crippen LogP) is 2.62. The molecule has 6 heteroatoms. The Bertz CT molecular complexity index is 425. The molecule has 0 aliphatic rings. The van der Waals surface area contributed by atoms with Crippen LogP contribution in [0.3, 0.4) is 0 Å². The van der Waals surface area contributed by atoms with E-state index in [4.69, 9.17) is 28.3 Å². The first-order valence-corrected chi connectivity index (χ1v) is 6.46. The van der Waals surface area contributed by atoms with Crippen LogP contribution in [0.4, 0.5) is 0 Å². The lowest BCUT2D eigenvalue weighted by atomic mass is 10.2. The third-order valence-electron chi connectivity index (χ3n) is 2.49. The average Bonchev–Trinajstić information content (AvgIpc) is 2.28. The number of aliphatic hydroxyl groups excluding tert-OH is 1. The van der Waals surface area contributed by atoms with Gasteiger partial charge in [-0.25, -0.2) is 4.98 Å². The lowest BCUT2D eigenvalue weighted by molar-refractivity contribution is 0.0693. The molecule has 0 saturated heterocycles. The van der Waals surface area contributed by atoms with Gasteiger partial charge in [0.1, 0.15) is 10.3 Å². The van der Waals surface area contributed by atoms with E-state index >= 15 is 0 Å². The third kappa shape index (κ3) is 3.83. The quantitative estimate of drug-likeness (QED) is 0.848. The van der Waals surface area contributed by atoms with Crippen LogP contribution in [0.15, 0.2) is 12.1 Å². The molecule has 0 aromatic carbocycles. The Kier molecular flexibility index (Phi) is 5.85. The molecule has 0 unspecified atom stereocenters. The number of rotatable bonds is 5. The molecule has 100 valence electrons. The number of halogens is 2. The molecule has 0 aliphatic heterocycles. The van der Waals surface area contributed by atoms with Gasteiger partial charge in [0.05, 0.1) is 5.56 Å². The number of aromatic nitrogens is 1. The average molecular weight is 291 g/mol. The minimum absolute atomic E-state index is 0.0239. The van der Waals surface area contributed by atoms with Crippen molar-refractivity contribution in [1.82, 2.24) is 9.88 Å². The highest BCUT2D eigenvalue weighted by molar-refractivity contribution is 6.34. The van der Waals surface area contributed by atoms with Gasteiger partial charge < -0.3 is 10.0 Å². The Morgan fingerprint density at radius 1 is 1.44 bits per heavy atom. The van der Waals surface area contributed by atoms with Gasteiger partial charge in [-0.3, -0.25) is 4.79 Å². The van der Waals surface area contributed by atoms with E-state index in [-0.39, 0.29) is 28.9 Å². The zero-order valence-corrected chi connectivity index (χ0v) is 11.9. The second-order valence-corrected chi connectivity index (χ2v) is 4.89. The Balaban J connectivity index is 2.94. The summed E-state index contributed by atoms with van der Waals surface area (Å²) in [5, 5.41) is 9.20. The molecule has 0 saturated carbocycles. The largest absolute Gasteiger partial charge is 0.396 e. The van der Waals surface area contributed by atoms with Crippen molar-refractivity contribution in [2.45, 2.75) is 26.3 Å². The topological polar surface area (TPSA) is 53.4 Å². The predicted molar refractivity (Wildman–Crippen MR) is 72.1 cm³/mol. The normalized spacial score (nSPS) is 10.8. The van der Waals surface area contributed by atoms with Crippen molar-refractivity contribution in [3.05, 3.63) is 28.0 Å². The van der Waals surface area contributed by atoms with Gasteiger partial charge in [0.2, 0.25) is 0 Å². The molecule has 1 amide bonds. The third-order valence-corrected chi connectivity index (χ3v) is 2.99. The molecule has 1 aromatic rings. The van der Waals surface area contributed by atoms with Crippen molar-refractivity contribution < 1.29 is 9.90 Å². The summed E-state index contributed by atoms with van der Waals surface area (Å²) in [7, 11) is 0. The molecular formula is C12H16Cl2N2O2. The Hall–Kier alpha value is -0.840. The monoisotopic (exact) mass is 290 g/mol. The standard InChI is InChI=1S/C12H16Cl2N2O2/c1-8(2)16(6-3-7-17)12(18)9-4-5-10(13)15-11(9)14/h4-5,8,17H,3,6-7H2,1-2H3. The number of hydrogen-bond acceptors (Lipinski definition) is 3. The highest BCUT2D eigenvalue weighted by atomic mass is 35.5. The maximum atomic E-state index is 12.3. The van der Waals surface area contributed by atoms with Crippen LogP contribution >= 0.6 is 23.2 Å². The molecule has 1 N–H and O–H groups in total. The Morgan fingerprint density at radius 2 is 2.11 bits per heavy atom. The second-order valence-electron chi connectivity index (χ2n) is 4.14. The van der Waals surface area contributed by atoms with Gasteiger partial charge in [-0.2, -0.15) is 0 Å². The summed E-state index contributed by atoms with van der Waals surface area (Å²) >= 11 is 11.6.